The largest absolute Gasteiger partial charge is 0.465 e. The number of benzene rings is 1. The summed E-state index contributed by atoms with van der Waals surface area (Å²) in [6.45, 7) is 4.56. The molecule has 0 amide bonds. The average molecular weight is 372 g/mol. The standard InChI is InChI=1S/C17H21FO6S/c1-4-23-15(19)17(16(20)24-5-2)13(14(17)25(21,22)6-3)11-7-9-12(18)10-8-11/h7-10,13-14H,4-6H2,1-3H3. The fourth-order valence-electron chi connectivity index (χ4n) is 3.20. The van der Waals surface area contributed by atoms with E-state index in [0.29, 0.717) is 5.56 Å². The van der Waals surface area contributed by atoms with Crippen molar-refractivity contribution < 1.29 is 31.9 Å². The number of esters is 2. The van der Waals surface area contributed by atoms with Gasteiger partial charge in [-0.05, 0) is 31.5 Å². The Morgan fingerprint density at radius 3 is 1.92 bits per heavy atom. The lowest BCUT2D eigenvalue weighted by Gasteiger charge is -2.15. The van der Waals surface area contributed by atoms with Crippen molar-refractivity contribution in [1.82, 2.24) is 0 Å². The van der Waals surface area contributed by atoms with Gasteiger partial charge in [0.15, 0.2) is 15.3 Å². The topological polar surface area (TPSA) is 86.7 Å². The smallest absolute Gasteiger partial charge is 0.325 e. The van der Waals surface area contributed by atoms with E-state index < -0.39 is 44.2 Å². The Balaban J connectivity index is 2.61. The van der Waals surface area contributed by atoms with Crippen LogP contribution in [0.15, 0.2) is 24.3 Å². The van der Waals surface area contributed by atoms with Crippen LogP contribution in [0.1, 0.15) is 32.3 Å². The molecule has 0 N–H and O–H groups in total. The van der Waals surface area contributed by atoms with Gasteiger partial charge in [0, 0.05) is 11.7 Å². The molecular weight excluding hydrogens is 351 g/mol. The molecule has 138 valence electrons. The zero-order valence-corrected chi connectivity index (χ0v) is 15.1. The number of halogens is 1. The van der Waals surface area contributed by atoms with Gasteiger partial charge in [-0.15, -0.1) is 0 Å². The maximum atomic E-state index is 13.2. The third kappa shape index (κ3) is 3.15. The van der Waals surface area contributed by atoms with Crippen molar-refractivity contribution in [2.24, 2.45) is 5.41 Å². The summed E-state index contributed by atoms with van der Waals surface area (Å²) in [7, 11) is -3.76. The van der Waals surface area contributed by atoms with E-state index in [4.69, 9.17) is 9.47 Å². The van der Waals surface area contributed by atoms with Gasteiger partial charge < -0.3 is 9.47 Å². The van der Waals surface area contributed by atoms with Crippen molar-refractivity contribution in [3.63, 3.8) is 0 Å². The Morgan fingerprint density at radius 2 is 1.52 bits per heavy atom. The summed E-state index contributed by atoms with van der Waals surface area (Å²) >= 11 is 0. The molecule has 1 aromatic rings. The van der Waals surface area contributed by atoms with Gasteiger partial charge >= 0.3 is 11.9 Å². The van der Waals surface area contributed by atoms with E-state index >= 15 is 0 Å². The molecule has 0 radical (unpaired) electrons. The van der Waals surface area contributed by atoms with Crippen LogP contribution in [-0.4, -0.2) is 44.6 Å². The summed E-state index contributed by atoms with van der Waals surface area (Å²) in [5, 5.41) is -1.28. The minimum absolute atomic E-state index is 0.00494. The number of ether oxygens (including phenoxy) is 2. The minimum atomic E-state index is -3.76. The second kappa shape index (κ2) is 7.11. The van der Waals surface area contributed by atoms with Crippen LogP contribution in [0.25, 0.3) is 0 Å². The van der Waals surface area contributed by atoms with Crippen LogP contribution >= 0.6 is 0 Å². The summed E-state index contributed by atoms with van der Waals surface area (Å²) in [5.41, 5.74) is -1.57. The third-order valence-corrected chi connectivity index (χ3v) is 6.60. The van der Waals surface area contributed by atoms with E-state index in [1.807, 2.05) is 0 Å². The second-order valence-electron chi connectivity index (χ2n) is 5.71. The Kier molecular flexibility index (Phi) is 5.51. The van der Waals surface area contributed by atoms with Gasteiger partial charge in [-0.25, -0.2) is 12.8 Å². The molecule has 0 heterocycles. The number of hydrogen-bond acceptors (Lipinski definition) is 6. The highest BCUT2D eigenvalue weighted by Crippen LogP contribution is 2.64. The Hall–Kier alpha value is -1.96. The lowest BCUT2D eigenvalue weighted by Crippen LogP contribution is -2.36. The lowest BCUT2D eigenvalue weighted by molar-refractivity contribution is -0.164. The highest BCUT2D eigenvalue weighted by atomic mass is 32.2. The molecule has 25 heavy (non-hydrogen) atoms. The van der Waals surface area contributed by atoms with Gasteiger partial charge in [0.05, 0.1) is 18.5 Å². The SMILES string of the molecule is CCOC(=O)C1(C(=O)OCC)C(c2ccc(F)cc2)C1S(=O)(=O)CC. The first-order chi connectivity index (χ1) is 11.8. The van der Waals surface area contributed by atoms with Gasteiger partial charge in [0.1, 0.15) is 5.82 Å². The van der Waals surface area contributed by atoms with E-state index in [1.54, 1.807) is 13.8 Å². The highest BCUT2D eigenvalue weighted by molar-refractivity contribution is 7.92. The Labute approximate surface area is 146 Å². The first-order valence-electron chi connectivity index (χ1n) is 8.08. The van der Waals surface area contributed by atoms with Crippen LogP contribution < -0.4 is 0 Å². The fourth-order valence-corrected chi connectivity index (χ4v) is 5.18. The van der Waals surface area contributed by atoms with Gasteiger partial charge in [0.2, 0.25) is 0 Å². The van der Waals surface area contributed by atoms with Crippen LogP contribution in [0.4, 0.5) is 4.39 Å². The summed E-state index contributed by atoms with van der Waals surface area (Å²) in [4.78, 5) is 25.2. The molecule has 0 spiro atoms. The fraction of sp³-hybridized carbons (Fsp3) is 0.529. The molecule has 0 aliphatic heterocycles. The summed E-state index contributed by atoms with van der Waals surface area (Å²) in [6, 6.07) is 5.06. The molecule has 6 nitrogen and oxygen atoms in total. The Morgan fingerprint density at radius 1 is 1.04 bits per heavy atom. The van der Waals surface area contributed by atoms with E-state index in [0.717, 1.165) is 12.1 Å². The molecule has 0 bridgehead atoms. The van der Waals surface area contributed by atoms with Crippen molar-refractivity contribution in [2.75, 3.05) is 19.0 Å². The predicted molar refractivity (Wildman–Crippen MR) is 88.1 cm³/mol. The van der Waals surface area contributed by atoms with Crippen LogP contribution in [0.2, 0.25) is 0 Å². The Bertz CT molecular complexity index is 738. The molecular formula is C17H21FO6S. The molecule has 1 aliphatic rings. The maximum absolute atomic E-state index is 13.2. The zero-order chi connectivity index (χ0) is 18.8. The minimum Gasteiger partial charge on any atom is -0.465 e. The predicted octanol–water partition coefficient (Wildman–Crippen LogP) is 1.84. The molecule has 1 aromatic carbocycles. The van der Waals surface area contributed by atoms with E-state index in [-0.39, 0.29) is 19.0 Å². The van der Waals surface area contributed by atoms with Crippen LogP contribution in [0.3, 0.4) is 0 Å². The van der Waals surface area contributed by atoms with E-state index in [1.165, 1.54) is 19.1 Å². The summed E-state index contributed by atoms with van der Waals surface area (Å²) in [6.07, 6.45) is 0. The molecule has 1 fully saturated rings. The maximum Gasteiger partial charge on any atom is 0.325 e. The number of sulfone groups is 1. The average Bonchev–Trinajstić information content (AvgIpc) is 3.28. The van der Waals surface area contributed by atoms with Gasteiger partial charge in [-0.1, -0.05) is 19.1 Å². The number of hydrogen-bond donors (Lipinski definition) is 0. The molecule has 2 unspecified atom stereocenters. The van der Waals surface area contributed by atoms with Gasteiger partial charge in [0.25, 0.3) is 0 Å². The van der Waals surface area contributed by atoms with Gasteiger partial charge in [-0.3, -0.25) is 9.59 Å². The van der Waals surface area contributed by atoms with Gasteiger partial charge in [-0.2, -0.15) is 0 Å². The van der Waals surface area contributed by atoms with Crippen LogP contribution in [-0.2, 0) is 28.9 Å². The van der Waals surface area contributed by atoms with E-state index in [2.05, 4.69) is 0 Å². The van der Waals surface area contributed by atoms with Crippen LogP contribution in [0.5, 0.6) is 0 Å². The third-order valence-electron chi connectivity index (χ3n) is 4.38. The van der Waals surface area contributed by atoms with Crippen molar-refractivity contribution in [2.45, 2.75) is 31.9 Å². The second-order valence-corrected chi connectivity index (χ2v) is 8.12. The summed E-state index contributed by atoms with van der Waals surface area (Å²) < 4.78 is 48.3. The molecule has 0 aromatic heterocycles. The molecule has 0 saturated heterocycles. The molecule has 2 rings (SSSR count). The van der Waals surface area contributed by atoms with E-state index in [9.17, 15) is 22.4 Å². The molecule has 8 heteroatoms. The van der Waals surface area contributed by atoms with Crippen molar-refractivity contribution >= 4 is 21.8 Å². The first-order valence-corrected chi connectivity index (χ1v) is 9.80. The van der Waals surface area contributed by atoms with Crippen molar-refractivity contribution in [3.8, 4) is 0 Å². The number of rotatable bonds is 7. The van der Waals surface area contributed by atoms with Crippen molar-refractivity contribution in [3.05, 3.63) is 35.6 Å². The first kappa shape index (κ1) is 19.4. The number of carbonyl (C=O) groups excluding carboxylic acids is 2. The zero-order valence-electron chi connectivity index (χ0n) is 14.3. The monoisotopic (exact) mass is 372 g/mol. The van der Waals surface area contributed by atoms with Crippen LogP contribution in [0, 0.1) is 11.2 Å². The quantitative estimate of drug-likeness (QED) is 0.536. The normalized spacial score (nSPS) is 21.4. The molecule has 1 saturated carbocycles. The molecule has 1 aliphatic carbocycles. The number of carbonyl (C=O) groups is 2. The highest BCUT2D eigenvalue weighted by Gasteiger charge is 2.81. The van der Waals surface area contributed by atoms with Crippen molar-refractivity contribution in [1.29, 1.82) is 0 Å². The lowest BCUT2D eigenvalue weighted by atomic mass is 9.99. The molecule has 2 atom stereocenters. The summed E-state index contributed by atoms with van der Waals surface area (Å²) in [5.74, 6) is -3.56.